The number of fused-ring (bicyclic) bond motifs is 1. The molecule has 1 N–H and O–H groups in total. The van der Waals surface area contributed by atoms with Gasteiger partial charge in [0.05, 0.1) is 11.0 Å². The van der Waals surface area contributed by atoms with E-state index in [1.807, 2.05) is 25.1 Å². The van der Waals surface area contributed by atoms with Crippen molar-refractivity contribution >= 4 is 22.8 Å². The van der Waals surface area contributed by atoms with E-state index in [4.69, 9.17) is 0 Å². The molecular weight excluding hydrogens is 258 g/mol. The molecule has 104 valence electrons. The molecule has 0 radical (unpaired) electrons. The summed E-state index contributed by atoms with van der Waals surface area (Å²) in [5.41, 5.74) is 2.32. The number of imidazole rings is 1. The number of piperidine rings is 1. The Kier molecular flexibility index (Phi) is 2.74. The van der Waals surface area contributed by atoms with E-state index in [0.717, 1.165) is 16.6 Å². The van der Waals surface area contributed by atoms with Gasteiger partial charge in [0.1, 0.15) is 6.04 Å². The molecule has 1 atom stereocenters. The summed E-state index contributed by atoms with van der Waals surface area (Å²) in [6.07, 6.45) is 0.614. The van der Waals surface area contributed by atoms with Gasteiger partial charge < -0.3 is 0 Å². The fraction of sp³-hybridized carbons (Fsp3) is 0.357. The lowest BCUT2D eigenvalue weighted by atomic mass is 10.1. The quantitative estimate of drug-likeness (QED) is 0.774. The van der Waals surface area contributed by atoms with Crippen molar-refractivity contribution in [2.45, 2.75) is 25.8 Å². The number of rotatable bonds is 1. The number of benzene rings is 1. The van der Waals surface area contributed by atoms with Gasteiger partial charge in [0.25, 0.3) is 0 Å². The molecule has 0 aliphatic carbocycles. The smallest absolute Gasteiger partial charge is 0.295 e. The molecule has 20 heavy (non-hydrogen) atoms. The number of nitrogens with zero attached hydrogens (tertiary/aromatic N) is 2. The van der Waals surface area contributed by atoms with Gasteiger partial charge in [0, 0.05) is 13.5 Å². The average Bonchev–Trinajstić information content (AvgIpc) is 2.63. The molecule has 2 aromatic rings. The molecular formula is C14H15N3O3. The fourth-order valence-corrected chi connectivity index (χ4v) is 2.70. The molecule has 0 unspecified atom stereocenters. The topological polar surface area (TPSA) is 73.1 Å². The number of carbonyl (C=O) groups is 2. The first-order valence-electron chi connectivity index (χ1n) is 6.50. The summed E-state index contributed by atoms with van der Waals surface area (Å²) in [6.45, 7) is 1.95. The molecule has 2 heterocycles. The summed E-state index contributed by atoms with van der Waals surface area (Å²) in [4.78, 5) is 35.6. The fourth-order valence-electron chi connectivity index (χ4n) is 2.70. The number of carbonyl (C=O) groups excluding carboxylic acids is 2. The van der Waals surface area contributed by atoms with Gasteiger partial charge in [-0.05, 0) is 31.0 Å². The lowest BCUT2D eigenvalue weighted by Gasteiger charge is -2.21. The maximum atomic E-state index is 12.4. The normalized spacial score (nSPS) is 19.4. The molecule has 3 rings (SSSR count). The summed E-state index contributed by atoms with van der Waals surface area (Å²) >= 11 is 0. The van der Waals surface area contributed by atoms with E-state index in [0.29, 0.717) is 6.42 Å². The van der Waals surface area contributed by atoms with Crippen LogP contribution in [-0.2, 0) is 16.6 Å². The minimum atomic E-state index is -0.619. The van der Waals surface area contributed by atoms with Crippen LogP contribution in [0.4, 0.5) is 0 Å². The minimum Gasteiger partial charge on any atom is -0.295 e. The molecule has 6 nitrogen and oxygen atoms in total. The van der Waals surface area contributed by atoms with Crippen LogP contribution in [0.2, 0.25) is 0 Å². The van der Waals surface area contributed by atoms with Crippen molar-refractivity contribution in [2.24, 2.45) is 7.05 Å². The second-order valence-corrected chi connectivity index (χ2v) is 5.17. The number of hydrogen-bond donors (Lipinski definition) is 1. The van der Waals surface area contributed by atoms with Crippen LogP contribution >= 0.6 is 0 Å². The first kappa shape index (κ1) is 12.7. The first-order valence-corrected chi connectivity index (χ1v) is 6.50. The Balaban J connectivity index is 2.21. The molecule has 6 heteroatoms. The molecule has 0 spiro atoms. The Hall–Kier alpha value is -2.37. The molecule has 0 saturated carbocycles. The second kappa shape index (κ2) is 4.33. The van der Waals surface area contributed by atoms with Gasteiger partial charge in [-0.2, -0.15) is 0 Å². The third kappa shape index (κ3) is 1.76. The van der Waals surface area contributed by atoms with Crippen LogP contribution in [0.3, 0.4) is 0 Å². The predicted molar refractivity (Wildman–Crippen MR) is 73.3 cm³/mol. The maximum absolute atomic E-state index is 12.4. The predicted octanol–water partition coefficient (Wildman–Crippen LogP) is 0.626. The van der Waals surface area contributed by atoms with Gasteiger partial charge in [-0.25, -0.2) is 4.79 Å². The van der Waals surface area contributed by atoms with Gasteiger partial charge in [-0.1, -0.05) is 6.07 Å². The second-order valence-electron chi connectivity index (χ2n) is 5.17. The van der Waals surface area contributed by atoms with Crippen LogP contribution in [0.25, 0.3) is 11.0 Å². The van der Waals surface area contributed by atoms with E-state index in [1.165, 1.54) is 9.13 Å². The summed E-state index contributed by atoms with van der Waals surface area (Å²) < 4.78 is 3.02. The zero-order chi connectivity index (χ0) is 14.4. The van der Waals surface area contributed by atoms with E-state index in [9.17, 15) is 14.4 Å². The Labute approximate surface area is 115 Å². The Morgan fingerprint density at radius 3 is 2.65 bits per heavy atom. The number of imide groups is 1. The maximum Gasteiger partial charge on any atom is 0.329 e. The van der Waals surface area contributed by atoms with E-state index in [2.05, 4.69) is 5.32 Å². The van der Waals surface area contributed by atoms with Crippen LogP contribution in [0.15, 0.2) is 23.0 Å². The van der Waals surface area contributed by atoms with Crippen molar-refractivity contribution in [2.75, 3.05) is 0 Å². The Morgan fingerprint density at radius 2 is 1.95 bits per heavy atom. The highest BCUT2D eigenvalue weighted by atomic mass is 16.2. The van der Waals surface area contributed by atoms with Gasteiger partial charge in [-0.3, -0.25) is 24.0 Å². The van der Waals surface area contributed by atoms with Gasteiger partial charge in [0.15, 0.2) is 0 Å². The van der Waals surface area contributed by atoms with Crippen LogP contribution in [0, 0.1) is 6.92 Å². The average molecular weight is 273 g/mol. The van der Waals surface area contributed by atoms with Crippen molar-refractivity contribution in [3.63, 3.8) is 0 Å². The van der Waals surface area contributed by atoms with Crippen molar-refractivity contribution in [1.82, 2.24) is 14.5 Å². The highest BCUT2D eigenvalue weighted by molar-refractivity contribution is 6.00. The molecule has 2 amide bonds. The monoisotopic (exact) mass is 273 g/mol. The van der Waals surface area contributed by atoms with E-state index < -0.39 is 11.9 Å². The molecule has 0 bridgehead atoms. The lowest BCUT2D eigenvalue weighted by molar-refractivity contribution is -0.135. The number of aryl methyl sites for hydroxylation is 2. The highest BCUT2D eigenvalue weighted by Crippen LogP contribution is 2.23. The van der Waals surface area contributed by atoms with Crippen molar-refractivity contribution < 1.29 is 9.59 Å². The summed E-state index contributed by atoms with van der Waals surface area (Å²) in [6, 6.07) is 5.05. The van der Waals surface area contributed by atoms with Crippen LogP contribution in [-0.4, -0.2) is 20.9 Å². The van der Waals surface area contributed by atoms with Crippen LogP contribution in [0.1, 0.15) is 24.4 Å². The standard InChI is InChI=1S/C14H15N3O3/c1-8-3-4-9-11(7-8)16(2)14(20)17(9)10-5-6-12(18)15-13(10)19/h3-4,7,10H,5-6H2,1-2H3,(H,15,18,19)/t10-/m1/s1. The van der Waals surface area contributed by atoms with E-state index >= 15 is 0 Å². The van der Waals surface area contributed by atoms with Crippen LogP contribution in [0.5, 0.6) is 0 Å². The summed E-state index contributed by atoms with van der Waals surface area (Å²) in [7, 11) is 1.69. The summed E-state index contributed by atoms with van der Waals surface area (Å²) in [5.74, 6) is -0.688. The number of amides is 2. The molecule has 1 fully saturated rings. The molecule has 1 saturated heterocycles. The third-order valence-corrected chi connectivity index (χ3v) is 3.77. The number of hydrogen-bond acceptors (Lipinski definition) is 3. The lowest BCUT2D eigenvalue weighted by Crippen LogP contribution is -2.44. The first-order chi connectivity index (χ1) is 9.49. The SMILES string of the molecule is Cc1ccc2c(c1)n(C)c(=O)n2[C@@H]1CCC(=O)NC1=O. The molecule has 1 aliphatic rings. The zero-order valence-electron chi connectivity index (χ0n) is 11.3. The van der Waals surface area contributed by atoms with Crippen molar-refractivity contribution in [3.8, 4) is 0 Å². The van der Waals surface area contributed by atoms with Crippen molar-refractivity contribution in [3.05, 3.63) is 34.2 Å². The van der Waals surface area contributed by atoms with Crippen molar-refractivity contribution in [1.29, 1.82) is 0 Å². The third-order valence-electron chi connectivity index (χ3n) is 3.77. The Bertz CT molecular complexity index is 785. The summed E-state index contributed by atoms with van der Waals surface area (Å²) in [5, 5.41) is 2.29. The number of aromatic nitrogens is 2. The largest absolute Gasteiger partial charge is 0.329 e. The zero-order valence-corrected chi connectivity index (χ0v) is 11.3. The molecule has 1 aromatic carbocycles. The molecule has 1 aliphatic heterocycles. The number of nitrogens with one attached hydrogen (secondary N) is 1. The minimum absolute atomic E-state index is 0.236. The highest BCUT2D eigenvalue weighted by Gasteiger charge is 2.31. The van der Waals surface area contributed by atoms with Gasteiger partial charge in [0.2, 0.25) is 11.8 Å². The Morgan fingerprint density at radius 1 is 1.20 bits per heavy atom. The van der Waals surface area contributed by atoms with Gasteiger partial charge in [-0.15, -0.1) is 0 Å². The van der Waals surface area contributed by atoms with Crippen LogP contribution < -0.4 is 11.0 Å². The van der Waals surface area contributed by atoms with E-state index in [1.54, 1.807) is 7.05 Å². The van der Waals surface area contributed by atoms with E-state index in [-0.39, 0.29) is 18.0 Å². The van der Waals surface area contributed by atoms with Gasteiger partial charge >= 0.3 is 5.69 Å². The molecule has 1 aromatic heterocycles.